The number of carbonyl (C=O) groups excluding carboxylic acids is 3. The number of allylic oxidation sites excluding steroid dienone is 4. The highest BCUT2D eigenvalue weighted by Crippen LogP contribution is 2.47. The summed E-state index contributed by atoms with van der Waals surface area (Å²) < 4.78 is 63.7. The standard InChI is InChI=1S/C56H69NO16/c1-11-29(2)48-32(5)21-22-55(72-48)27-38-24-37(71-55)20-19-31(4)47(30(3)15-14-16-36-28-65-51-46(58)33(6)23-41(54(61)68-38)56(36,51)62)69-44-25-42(63-9)49(34(7)66-44)70-45-26-43(64-10)50(35(8)67-45)73-57-52(59)39-17-12-13-18-40(39)53(57)60/h12-19,21-23,30,32,37-38,41-47,49-51,58,62H,7-8,11,20,24-28H2,1-6,9-10H3/b15-14+,31-19+,36-16+,48-29-/t30-,32-,37+,38-,41-,42-,43-,44-,45-,46+,47-,49-,50-,51+,55+,56+/m0/s1. The highest BCUT2D eigenvalue weighted by molar-refractivity contribution is 6.20. The second-order valence-corrected chi connectivity index (χ2v) is 20.4. The number of methoxy groups -OCH3 is 2. The second kappa shape index (κ2) is 21.2. The fourth-order valence-corrected chi connectivity index (χ4v) is 11.3. The van der Waals surface area contributed by atoms with Crippen LogP contribution in [0.15, 0.2) is 120 Å². The minimum Gasteiger partial charge on any atom is -0.467 e. The van der Waals surface area contributed by atoms with Crippen LogP contribution in [-0.2, 0) is 57.0 Å². The molecule has 16 atom stereocenters. The highest BCUT2D eigenvalue weighted by atomic mass is 16.8. The van der Waals surface area contributed by atoms with E-state index in [0.717, 1.165) is 23.3 Å². The number of hydrogen-bond donors (Lipinski definition) is 2. The largest absolute Gasteiger partial charge is 0.467 e. The number of ether oxygens (including phenoxy) is 10. The Kier molecular flexibility index (Phi) is 15.3. The van der Waals surface area contributed by atoms with Crippen LogP contribution in [0.2, 0.25) is 0 Å². The summed E-state index contributed by atoms with van der Waals surface area (Å²) in [5.74, 6) is -3.31. The Morgan fingerprint density at radius 2 is 1.51 bits per heavy atom. The van der Waals surface area contributed by atoms with E-state index in [4.69, 9.17) is 52.2 Å². The molecule has 1 spiro atoms. The summed E-state index contributed by atoms with van der Waals surface area (Å²) in [5.41, 5.74) is 1.48. The normalized spacial score (nSPS) is 41.3. The number of aliphatic hydroxyl groups excluding tert-OH is 1. The minimum absolute atomic E-state index is 0.0120. The van der Waals surface area contributed by atoms with Crippen LogP contribution in [-0.4, -0.2) is 133 Å². The Labute approximate surface area is 426 Å². The van der Waals surface area contributed by atoms with Crippen molar-refractivity contribution in [1.82, 2.24) is 5.06 Å². The fraction of sp³-hybridized carbons (Fsp3) is 0.554. The van der Waals surface area contributed by atoms with Gasteiger partial charge in [-0.2, -0.15) is 0 Å². The first kappa shape index (κ1) is 52.6. The van der Waals surface area contributed by atoms with Gasteiger partial charge in [0.25, 0.3) is 11.8 Å². The number of carbonyl (C=O) groups is 3. The maximum atomic E-state index is 14.4. The molecule has 7 heterocycles. The number of amides is 2. The summed E-state index contributed by atoms with van der Waals surface area (Å²) in [5, 5.41) is 24.5. The molecule has 0 saturated carbocycles. The van der Waals surface area contributed by atoms with Gasteiger partial charge in [0.1, 0.15) is 53.2 Å². The van der Waals surface area contributed by atoms with Crippen molar-refractivity contribution in [3.05, 3.63) is 131 Å². The quantitative estimate of drug-likeness (QED) is 0.144. The summed E-state index contributed by atoms with van der Waals surface area (Å²) in [6.45, 7) is 20.2. The molecule has 17 heteroatoms. The Morgan fingerprint density at radius 3 is 2.16 bits per heavy atom. The first-order chi connectivity index (χ1) is 34.9. The zero-order valence-electron chi connectivity index (χ0n) is 42.9. The van der Waals surface area contributed by atoms with Crippen LogP contribution >= 0.6 is 0 Å². The lowest BCUT2D eigenvalue weighted by molar-refractivity contribution is -0.271. The lowest BCUT2D eigenvalue weighted by atomic mass is 9.71. The maximum absolute atomic E-state index is 14.4. The molecule has 1 aromatic rings. The molecule has 17 nitrogen and oxygen atoms in total. The van der Waals surface area contributed by atoms with E-state index < -0.39 is 103 Å². The summed E-state index contributed by atoms with van der Waals surface area (Å²) in [6.07, 6.45) is 6.47. The van der Waals surface area contributed by atoms with E-state index in [-0.39, 0.29) is 60.4 Å². The Morgan fingerprint density at radius 1 is 0.863 bits per heavy atom. The van der Waals surface area contributed by atoms with Crippen molar-refractivity contribution in [3.8, 4) is 0 Å². The average molecular weight is 1010 g/mol. The SMILES string of the molecule is C=C1O[C@@H](O[C@@H]2/C(C)=C/C[C@@H]3C[C@@H](C[C@]4(C=C[C@H](C)/C(=C(\C)CC)O4)O3)OC(=O)[C@@H]3C=C(C)[C@@H](O)[C@H]4OC/C(=C\C=C\[C@@H]2C)[C@]43O)C[C@H](OC)[C@H]1O[C@H]1C[C@H](OC)[C@@H](ON2C(=O)c3ccccc3C2=O)C(=C)O1. The smallest absolute Gasteiger partial charge is 0.316 e. The average Bonchev–Trinajstić information content (AvgIpc) is 3.83. The predicted molar refractivity (Wildman–Crippen MR) is 262 cm³/mol. The van der Waals surface area contributed by atoms with Crippen LogP contribution in [0, 0.1) is 17.8 Å². The number of hydrogen-bond acceptors (Lipinski definition) is 16. The zero-order chi connectivity index (χ0) is 52.1. The fourth-order valence-electron chi connectivity index (χ4n) is 11.3. The Hall–Kier alpha value is -5.21. The van der Waals surface area contributed by atoms with Gasteiger partial charge in [-0.3, -0.25) is 14.4 Å². The number of hydroxylamine groups is 2. The van der Waals surface area contributed by atoms with E-state index >= 15 is 0 Å². The van der Waals surface area contributed by atoms with E-state index in [1.165, 1.54) is 7.11 Å². The molecule has 73 heavy (non-hydrogen) atoms. The van der Waals surface area contributed by atoms with Gasteiger partial charge in [0.2, 0.25) is 18.4 Å². The van der Waals surface area contributed by atoms with E-state index in [9.17, 15) is 24.6 Å². The molecule has 0 unspecified atom stereocenters. The van der Waals surface area contributed by atoms with Crippen molar-refractivity contribution in [2.75, 3.05) is 20.8 Å². The van der Waals surface area contributed by atoms with Crippen LogP contribution in [0.1, 0.15) is 101 Å². The van der Waals surface area contributed by atoms with Crippen molar-refractivity contribution in [2.24, 2.45) is 17.8 Å². The molecule has 2 bridgehead atoms. The molecule has 1 aromatic carbocycles. The van der Waals surface area contributed by atoms with Gasteiger partial charge in [-0.25, -0.2) is 4.84 Å². The van der Waals surface area contributed by atoms with Gasteiger partial charge in [-0.05, 0) is 74.1 Å². The van der Waals surface area contributed by atoms with Gasteiger partial charge < -0.3 is 57.6 Å². The molecule has 0 radical (unpaired) electrons. The van der Waals surface area contributed by atoms with E-state index in [0.29, 0.717) is 29.1 Å². The molecule has 0 aromatic heterocycles. The lowest BCUT2D eigenvalue weighted by Gasteiger charge is -2.46. The Bertz CT molecular complexity index is 2510. The molecule has 4 saturated heterocycles. The highest BCUT2D eigenvalue weighted by Gasteiger charge is 2.60. The van der Waals surface area contributed by atoms with Crippen LogP contribution < -0.4 is 0 Å². The first-order valence-corrected chi connectivity index (χ1v) is 25.3. The number of aliphatic hydroxyl groups is 2. The molecule has 7 aliphatic heterocycles. The van der Waals surface area contributed by atoms with Gasteiger partial charge in [0.05, 0.1) is 48.6 Å². The molecule has 8 aliphatic rings. The number of imide groups is 1. The van der Waals surface area contributed by atoms with E-state index in [2.05, 4.69) is 39.2 Å². The molecular weight excluding hydrogens is 943 g/mol. The maximum Gasteiger partial charge on any atom is 0.316 e. The number of nitrogens with zero attached hydrogens (tertiary/aromatic N) is 1. The molecule has 394 valence electrons. The molecule has 9 rings (SSSR count). The third-order valence-corrected chi connectivity index (χ3v) is 15.5. The summed E-state index contributed by atoms with van der Waals surface area (Å²) in [4.78, 5) is 46.6. The predicted octanol–water partition coefficient (Wildman–Crippen LogP) is 7.13. The topological polar surface area (TPSA) is 196 Å². The van der Waals surface area contributed by atoms with E-state index in [1.807, 2.05) is 32.9 Å². The van der Waals surface area contributed by atoms with Gasteiger partial charge in [0, 0.05) is 45.3 Å². The van der Waals surface area contributed by atoms with Crippen molar-refractivity contribution in [3.63, 3.8) is 0 Å². The van der Waals surface area contributed by atoms with Gasteiger partial charge in [0.15, 0.2) is 6.10 Å². The van der Waals surface area contributed by atoms with Crippen molar-refractivity contribution in [2.45, 2.75) is 159 Å². The molecule has 2 amide bonds. The molecule has 2 N–H and O–H groups in total. The number of rotatable bonds is 9. The van der Waals surface area contributed by atoms with Gasteiger partial charge >= 0.3 is 5.97 Å². The number of fused-ring (bicyclic) bond motifs is 3. The third-order valence-electron chi connectivity index (χ3n) is 15.5. The molecular formula is C56H69NO16. The van der Waals surface area contributed by atoms with E-state index in [1.54, 1.807) is 56.5 Å². The zero-order valence-corrected chi connectivity index (χ0v) is 42.9. The molecule has 1 aliphatic carbocycles. The van der Waals surface area contributed by atoms with Crippen LogP contribution in [0.3, 0.4) is 0 Å². The first-order valence-electron chi connectivity index (χ1n) is 25.3. The summed E-state index contributed by atoms with van der Waals surface area (Å²) in [6, 6.07) is 6.47. The lowest BCUT2D eigenvalue weighted by Crippen LogP contribution is -2.58. The van der Waals surface area contributed by atoms with Crippen LogP contribution in [0.5, 0.6) is 0 Å². The number of esters is 1. The van der Waals surface area contributed by atoms with Crippen molar-refractivity contribution in [1.29, 1.82) is 0 Å². The third kappa shape index (κ3) is 10.1. The van der Waals surface area contributed by atoms with Crippen LogP contribution in [0.4, 0.5) is 0 Å². The second-order valence-electron chi connectivity index (χ2n) is 20.4. The molecule has 4 fully saturated rings. The number of benzene rings is 1. The van der Waals surface area contributed by atoms with Gasteiger partial charge in [-0.15, -0.1) is 5.06 Å². The monoisotopic (exact) mass is 1010 g/mol. The summed E-state index contributed by atoms with van der Waals surface area (Å²) in [7, 11) is 3.04. The van der Waals surface area contributed by atoms with Crippen molar-refractivity contribution >= 4 is 17.8 Å². The summed E-state index contributed by atoms with van der Waals surface area (Å²) >= 11 is 0. The van der Waals surface area contributed by atoms with Crippen molar-refractivity contribution < 1.29 is 76.8 Å². The Balaban J connectivity index is 0.944. The van der Waals surface area contributed by atoms with Gasteiger partial charge in [-0.1, -0.05) is 82.5 Å². The van der Waals surface area contributed by atoms with Crippen LogP contribution in [0.25, 0.3) is 0 Å². The minimum atomic E-state index is -1.89.